The van der Waals surface area contributed by atoms with Gasteiger partial charge in [0.1, 0.15) is 5.54 Å². The van der Waals surface area contributed by atoms with E-state index in [0.717, 1.165) is 5.56 Å². The number of rotatable bonds is 5. The number of likely N-dealkylation sites (N-methyl/N-ethyl adjacent to an activating group) is 1. The van der Waals surface area contributed by atoms with Crippen molar-refractivity contribution in [1.29, 1.82) is 0 Å². The number of carboxylic acid groups (broad SMARTS) is 1. The van der Waals surface area contributed by atoms with Crippen molar-refractivity contribution in [3.05, 3.63) is 34.2 Å². The number of aliphatic carboxylic acids is 1. The van der Waals surface area contributed by atoms with Gasteiger partial charge >= 0.3 is 5.97 Å². The van der Waals surface area contributed by atoms with Gasteiger partial charge in [0, 0.05) is 25.9 Å². The van der Waals surface area contributed by atoms with E-state index in [1.54, 1.807) is 33.0 Å². The molecule has 0 unspecified atom stereocenters. The van der Waals surface area contributed by atoms with E-state index >= 15 is 0 Å². The molecule has 1 aromatic rings. The first-order valence-electron chi connectivity index (χ1n) is 6.33. The number of aryl methyl sites for hydroxylation is 1. The summed E-state index contributed by atoms with van der Waals surface area (Å²) in [6.45, 7) is 5.20. The predicted octanol–water partition coefficient (Wildman–Crippen LogP) is 0.825. The third kappa shape index (κ3) is 3.46. The minimum Gasteiger partial charge on any atom is -0.481 e. The summed E-state index contributed by atoms with van der Waals surface area (Å²) in [5, 5.41) is 8.65. The van der Waals surface area contributed by atoms with E-state index in [9.17, 15) is 14.4 Å². The average molecular weight is 280 g/mol. The molecule has 0 saturated heterocycles. The summed E-state index contributed by atoms with van der Waals surface area (Å²) in [7, 11) is 1.53. The molecule has 0 bridgehead atoms. The third-order valence-corrected chi connectivity index (χ3v) is 3.21. The summed E-state index contributed by atoms with van der Waals surface area (Å²) in [5.41, 5.74) is -0.485. The van der Waals surface area contributed by atoms with Gasteiger partial charge in [0.2, 0.25) is 5.91 Å². The quantitative estimate of drug-likeness (QED) is 0.866. The number of hydrogen-bond acceptors (Lipinski definition) is 3. The average Bonchev–Trinajstić information content (AvgIpc) is 2.34. The summed E-state index contributed by atoms with van der Waals surface area (Å²) in [6, 6.07) is 3.22. The second-order valence-electron chi connectivity index (χ2n) is 5.34. The first-order chi connectivity index (χ1) is 9.16. The molecule has 0 aliphatic rings. The molecule has 0 aromatic carbocycles. The number of nitrogens with zero attached hydrogens (tertiary/aromatic N) is 2. The van der Waals surface area contributed by atoms with Crippen LogP contribution >= 0.6 is 0 Å². The Kier molecular flexibility index (Phi) is 4.70. The van der Waals surface area contributed by atoms with Gasteiger partial charge in [-0.1, -0.05) is 0 Å². The Morgan fingerprint density at radius 2 is 2.00 bits per heavy atom. The molecule has 0 atom stereocenters. The first-order valence-corrected chi connectivity index (χ1v) is 6.33. The van der Waals surface area contributed by atoms with Crippen molar-refractivity contribution in [3.63, 3.8) is 0 Å². The molecule has 0 aliphatic heterocycles. The van der Waals surface area contributed by atoms with E-state index in [0.29, 0.717) is 0 Å². The van der Waals surface area contributed by atoms with Crippen molar-refractivity contribution in [3.8, 4) is 0 Å². The molecule has 1 rings (SSSR count). The second kappa shape index (κ2) is 5.90. The summed E-state index contributed by atoms with van der Waals surface area (Å²) in [4.78, 5) is 36.2. The van der Waals surface area contributed by atoms with Crippen molar-refractivity contribution in [2.45, 2.75) is 32.7 Å². The van der Waals surface area contributed by atoms with Gasteiger partial charge in [-0.3, -0.25) is 14.4 Å². The monoisotopic (exact) mass is 280 g/mol. The molecule has 1 N–H and O–H groups in total. The number of carboxylic acids is 1. The highest BCUT2D eigenvalue weighted by molar-refractivity contribution is 5.83. The van der Waals surface area contributed by atoms with E-state index < -0.39 is 11.5 Å². The third-order valence-electron chi connectivity index (χ3n) is 3.21. The van der Waals surface area contributed by atoms with Crippen molar-refractivity contribution in [2.75, 3.05) is 13.6 Å². The van der Waals surface area contributed by atoms with Crippen LogP contribution in [0.15, 0.2) is 23.1 Å². The lowest BCUT2D eigenvalue weighted by molar-refractivity contribution is -0.140. The highest BCUT2D eigenvalue weighted by Crippen LogP contribution is 2.16. The maximum Gasteiger partial charge on any atom is 0.305 e. The van der Waals surface area contributed by atoms with Gasteiger partial charge in [0.15, 0.2) is 0 Å². The molecule has 0 fully saturated rings. The van der Waals surface area contributed by atoms with Crippen molar-refractivity contribution in [1.82, 2.24) is 9.47 Å². The van der Waals surface area contributed by atoms with Crippen LogP contribution in [0.1, 0.15) is 25.8 Å². The van der Waals surface area contributed by atoms with Gasteiger partial charge < -0.3 is 14.6 Å². The van der Waals surface area contributed by atoms with E-state index in [-0.39, 0.29) is 24.4 Å². The summed E-state index contributed by atoms with van der Waals surface area (Å²) in [5.74, 6) is -1.26. The molecule has 0 aliphatic carbocycles. The molecular formula is C14H20N2O4. The largest absolute Gasteiger partial charge is 0.481 e. The van der Waals surface area contributed by atoms with Gasteiger partial charge in [-0.15, -0.1) is 0 Å². The molecule has 6 heteroatoms. The molecule has 6 nitrogen and oxygen atoms in total. The van der Waals surface area contributed by atoms with Crippen LogP contribution in [0.25, 0.3) is 0 Å². The van der Waals surface area contributed by atoms with E-state index in [1.165, 1.54) is 22.6 Å². The molecule has 1 amide bonds. The van der Waals surface area contributed by atoms with Crippen LogP contribution in [0, 0.1) is 6.92 Å². The first kappa shape index (κ1) is 15.9. The number of pyridine rings is 1. The lowest BCUT2D eigenvalue weighted by Crippen LogP contribution is -2.49. The van der Waals surface area contributed by atoms with Gasteiger partial charge in [0.05, 0.1) is 6.42 Å². The molecule has 1 heterocycles. The molecule has 20 heavy (non-hydrogen) atoms. The molecule has 0 saturated carbocycles. The highest BCUT2D eigenvalue weighted by Gasteiger charge is 2.33. The number of aromatic nitrogens is 1. The maximum atomic E-state index is 12.4. The number of amides is 1. The Bertz CT molecular complexity index is 575. The topological polar surface area (TPSA) is 79.6 Å². The Morgan fingerprint density at radius 3 is 2.50 bits per heavy atom. The van der Waals surface area contributed by atoms with E-state index in [2.05, 4.69) is 0 Å². The standard InChI is InChI=1S/C14H20N2O4/c1-10-5-8-16(11(17)9-10)14(2,3)13(20)15(4)7-6-12(18)19/h5,8-9H,6-7H2,1-4H3,(H,18,19). The Morgan fingerprint density at radius 1 is 1.40 bits per heavy atom. The van der Waals surface area contributed by atoms with Crippen molar-refractivity contribution >= 4 is 11.9 Å². The van der Waals surface area contributed by atoms with Crippen LogP contribution in [0.3, 0.4) is 0 Å². The lowest BCUT2D eigenvalue weighted by atomic mass is 10.0. The summed E-state index contributed by atoms with van der Waals surface area (Å²) < 4.78 is 1.36. The fourth-order valence-corrected chi connectivity index (χ4v) is 1.97. The fourth-order valence-electron chi connectivity index (χ4n) is 1.97. The number of hydrogen-bond donors (Lipinski definition) is 1. The second-order valence-corrected chi connectivity index (χ2v) is 5.34. The summed E-state index contributed by atoms with van der Waals surface area (Å²) >= 11 is 0. The molecule has 1 aromatic heterocycles. The van der Waals surface area contributed by atoms with Crippen LogP contribution < -0.4 is 5.56 Å². The highest BCUT2D eigenvalue weighted by atomic mass is 16.4. The minimum atomic E-state index is -1.06. The van der Waals surface area contributed by atoms with E-state index in [4.69, 9.17) is 5.11 Å². The van der Waals surface area contributed by atoms with Crippen LogP contribution in [-0.4, -0.2) is 40.0 Å². The zero-order valence-electron chi connectivity index (χ0n) is 12.2. The SMILES string of the molecule is Cc1ccn(C(C)(C)C(=O)N(C)CCC(=O)O)c(=O)c1. The maximum absolute atomic E-state index is 12.4. The zero-order valence-corrected chi connectivity index (χ0v) is 12.2. The smallest absolute Gasteiger partial charge is 0.305 e. The Labute approximate surface area is 117 Å². The number of carbonyl (C=O) groups excluding carboxylic acids is 1. The predicted molar refractivity (Wildman–Crippen MR) is 74.7 cm³/mol. The minimum absolute atomic E-state index is 0.109. The van der Waals surface area contributed by atoms with Crippen LogP contribution in [0.2, 0.25) is 0 Å². The molecule has 0 radical (unpaired) electrons. The lowest BCUT2D eigenvalue weighted by Gasteiger charge is -2.31. The van der Waals surface area contributed by atoms with Gasteiger partial charge in [-0.2, -0.15) is 0 Å². The zero-order chi connectivity index (χ0) is 15.5. The molecule has 110 valence electrons. The van der Waals surface area contributed by atoms with Crippen LogP contribution in [0.5, 0.6) is 0 Å². The van der Waals surface area contributed by atoms with Crippen molar-refractivity contribution < 1.29 is 14.7 Å². The van der Waals surface area contributed by atoms with E-state index in [1.807, 2.05) is 0 Å². The normalized spacial score (nSPS) is 11.2. The number of carbonyl (C=O) groups is 2. The van der Waals surface area contributed by atoms with Crippen LogP contribution in [0.4, 0.5) is 0 Å². The Hall–Kier alpha value is -2.11. The van der Waals surface area contributed by atoms with Gasteiger partial charge in [-0.25, -0.2) is 0 Å². The molecule has 0 spiro atoms. The van der Waals surface area contributed by atoms with Gasteiger partial charge in [0.25, 0.3) is 5.56 Å². The van der Waals surface area contributed by atoms with Crippen molar-refractivity contribution in [2.24, 2.45) is 0 Å². The van der Waals surface area contributed by atoms with Gasteiger partial charge in [-0.05, 0) is 32.4 Å². The molecular weight excluding hydrogens is 260 g/mol. The Balaban J connectivity index is 3.00. The van der Waals surface area contributed by atoms with Crippen LogP contribution in [-0.2, 0) is 15.1 Å². The summed E-state index contributed by atoms with van der Waals surface area (Å²) in [6.07, 6.45) is 1.46. The fraction of sp³-hybridized carbons (Fsp3) is 0.500.